The minimum atomic E-state index is -1.75. The van der Waals surface area contributed by atoms with E-state index in [1.54, 1.807) is 36.8 Å². The van der Waals surface area contributed by atoms with Crippen LogP contribution in [0, 0.1) is 0 Å². The number of carbonyl (C=O) groups is 2. The van der Waals surface area contributed by atoms with E-state index in [1.807, 2.05) is 41.1 Å². The molecule has 2 amide bonds. The standard InChI is InChI=1S/C18H15P2S.C14H12ClN5O2.C8H7ClN4O2.C6H7NO.CH4.Y/c21-19-20(16-10-4-1-5-11-16,17-12-6-2-7-13-17)18-14-8-3-9-15-18;1-22-14(21)19-13-17-10-5-7-20(11(10)12(15)18-13)8-9-4-2-3-6-16-9;1-15-8(14)13-7-11-4-2-3-10-5(4)6(9)12-7;8-5-6-3-1-2-4-7-6;;/h1-15H;2-7H,8H2,1H3,(H,17,18,19,21);2-3,10H,1H3,(H,11,12,13,14);1-4,8H,5H2;1H4;/q+1;;;;;. The maximum Gasteiger partial charge on any atom is 0.413 e. The van der Waals surface area contributed by atoms with Gasteiger partial charge in [-0.2, -0.15) is 9.97 Å². The number of benzene rings is 3. The zero-order valence-electron chi connectivity index (χ0n) is 35.8. The van der Waals surface area contributed by atoms with Gasteiger partial charge in [-0.15, -0.1) is 0 Å². The van der Waals surface area contributed by atoms with Crippen molar-refractivity contribution < 1.29 is 56.9 Å². The van der Waals surface area contributed by atoms with Gasteiger partial charge in [-0.25, -0.2) is 19.6 Å². The van der Waals surface area contributed by atoms with Crippen molar-refractivity contribution in [3.63, 3.8) is 0 Å². The summed E-state index contributed by atoms with van der Waals surface area (Å²) in [5.41, 5.74) is 4.18. The number of aromatic amines is 1. The molecule has 4 N–H and O–H groups in total. The fourth-order valence-electron chi connectivity index (χ4n) is 6.17. The number of methoxy groups -OCH3 is 2. The SMILES string of the molecule is C.COC(=O)Nc1nc(Cl)c2[nH]ccc2n1.COC(=O)Nc1nc(Cl)c2c(ccn2Cc2ccccn2)n1.OCc1ccccn1.S=P[P+](c1ccccc1)(c1ccccc1)c1ccccc1.[Y]. The Bertz CT molecular complexity index is 2880. The number of fused-ring (bicyclic) bond motifs is 2. The molecular weight excluding hydrogens is 1040 g/mol. The Morgan fingerprint density at radius 3 is 1.59 bits per heavy atom. The van der Waals surface area contributed by atoms with Crippen molar-refractivity contribution in [3.8, 4) is 0 Å². The Morgan fingerprint density at radius 1 is 0.676 bits per heavy atom. The second-order valence-corrected chi connectivity index (χ2v) is 20.8. The zero-order chi connectivity index (χ0) is 46.7. The molecular formula is C47H45Cl2N10O5P2SY+. The number of aliphatic hydroxyl groups excluding tert-OH is 1. The largest absolute Gasteiger partial charge is 0.453 e. The van der Waals surface area contributed by atoms with E-state index in [0.29, 0.717) is 34.3 Å². The van der Waals surface area contributed by atoms with Crippen molar-refractivity contribution in [2.75, 3.05) is 24.9 Å². The molecule has 9 rings (SSSR count). The first kappa shape index (κ1) is 54.9. The van der Waals surface area contributed by atoms with Crippen LogP contribution in [0.3, 0.4) is 0 Å². The Kier molecular flexibility index (Phi) is 22.6. The third-order valence-electron chi connectivity index (χ3n) is 9.19. The molecule has 0 aliphatic carbocycles. The number of amides is 2. The molecule has 0 aliphatic heterocycles. The molecule has 68 heavy (non-hydrogen) atoms. The summed E-state index contributed by atoms with van der Waals surface area (Å²) in [5.74, 6) is 0.207. The van der Waals surface area contributed by atoms with Crippen LogP contribution in [-0.4, -0.2) is 71.0 Å². The van der Waals surface area contributed by atoms with E-state index in [0.717, 1.165) is 12.7 Å². The number of rotatable bonds is 9. The molecule has 6 heterocycles. The first-order valence-electron chi connectivity index (χ1n) is 19.7. The first-order valence-corrected chi connectivity index (χ1v) is 24.9. The van der Waals surface area contributed by atoms with Crippen LogP contribution >= 0.6 is 37.2 Å². The normalized spacial score (nSPS) is 10.3. The quantitative estimate of drug-likeness (QED) is 0.0791. The molecule has 3 aromatic carbocycles. The minimum absolute atomic E-state index is 0. The third kappa shape index (κ3) is 14.7. The van der Waals surface area contributed by atoms with Crippen LogP contribution in [0.5, 0.6) is 0 Å². The molecule has 0 saturated carbocycles. The van der Waals surface area contributed by atoms with Crippen molar-refractivity contribution in [3.05, 3.63) is 186 Å². The number of halogens is 2. The van der Waals surface area contributed by atoms with Crippen molar-refractivity contribution in [2.45, 2.75) is 20.6 Å². The number of nitrogens with one attached hydrogen (secondary N) is 3. The molecule has 6 aromatic heterocycles. The Balaban J connectivity index is 0.000000205. The van der Waals surface area contributed by atoms with E-state index in [-0.39, 0.29) is 68.9 Å². The van der Waals surface area contributed by atoms with Gasteiger partial charge in [0.2, 0.25) is 11.9 Å². The van der Waals surface area contributed by atoms with Gasteiger partial charge in [-0.3, -0.25) is 20.6 Å². The van der Waals surface area contributed by atoms with E-state index < -0.39 is 19.1 Å². The van der Waals surface area contributed by atoms with Gasteiger partial charge >= 0.3 is 12.2 Å². The van der Waals surface area contributed by atoms with Crippen LogP contribution in [0.1, 0.15) is 18.8 Å². The summed E-state index contributed by atoms with van der Waals surface area (Å²) in [6.07, 6.45) is 5.64. The number of H-pyrrole nitrogens is 1. The monoisotopic (exact) mass is 1080 g/mol. The summed E-state index contributed by atoms with van der Waals surface area (Å²) in [7, 11) is 3.53. The molecule has 0 saturated heterocycles. The molecule has 0 bridgehead atoms. The molecule has 0 unspecified atom stereocenters. The van der Waals surface area contributed by atoms with Gasteiger partial charge in [-0.1, -0.05) is 97.4 Å². The van der Waals surface area contributed by atoms with Crippen molar-refractivity contribution in [2.24, 2.45) is 0 Å². The van der Waals surface area contributed by atoms with Crippen LogP contribution in [0.4, 0.5) is 21.5 Å². The van der Waals surface area contributed by atoms with Crippen LogP contribution in [-0.2, 0) is 67.1 Å². The van der Waals surface area contributed by atoms with Gasteiger partial charge in [-0.05, 0) is 84.6 Å². The van der Waals surface area contributed by atoms with Crippen molar-refractivity contribution in [1.29, 1.82) is 0 Å². The Morgan fingerprint density at radius 2 is 1.15 bits per heavy atom. The number of aliphatic hydroxyl groups is 1. The molecule has 15 nitrogen and oxygen atoms in total. The summed E-state index contributed by atoms with van der Waals surface area (Å²) >= 11 is 17.7. The molecule has 345 valence electrons. The number of aromatic nitrogens is 8. The number of carbonyl (C=O) groups excluding carboxylic acids is 2. The summed E-state index contributed by atoms with van der Waals surface area (Å²) in [6, 6.07) is 46.8. The second kappa shape index (κ2) is 28.0. The van der Waals surface area contributed by atoms with Crippen molar-refractivity contribution in [1.82, 2.24) is 39.5 Å². The molecule has 9 aromatic rings. The zero-order valence-corrected chi connectivity index (χ0v) is 42.8. The molecule has 1 radical (unpaired) electrons. The molecule has 0 fully saturated rings. The Hall–Kier alpha value is -5.67. The second-order valence-electron chi connectivity index (χ2n) is 13.3. The van der Waals surface area contributed by atoms with Crippen molar-refractivity contribution >= 4 is 111 Å². The predicted octanol–water partition coefficient (Wildman–Crippen LogP) is 10.0. The predicted molar refractivity (Wildman–Crippen MR) is 273 cm³/mol. The molecule has 21 heteroatoms. The molecule has 0 spiro atoms. The van der Waals surface area contributed by atoms with E-state index in [2.05, 4.69) is 146 Å². The fourth-order valence-corrected chi connectivity index (χ4v) is 14.3. The number of hydrogen-bond acceptors (Lipinski definition) is 12. The fraction of sp³-hybridized carbons (Fsp3) is 0.106. The number of anilines is 2. The van der Waals surface area contributed by atoms with E-state index in [9.17, 15) is 9.59 Å². The van der Waals surface area contributed by atoms with Gasteiger partial charge in [0.25, 0.3) is 0 Å². The van der Waals surface area contributed by atoms with E-state index >= 15 is 0 Å². The minimum Gasteiger partial charge on any atom is -0.453 e. The summed E-state index contributed by atoms with van der Waals surface area (Å²) in [6.45, 7) is -1.17. The van der Waals surface area contributed by atoms with Crippen LogP contribution in [0.15, 0.2) is 164 Å². The van der Waals surface area contributed by atoms with E-state index in [1.165, 1.54) is 30.1 Å². The van der Waals surface area contributed by atoms with Crippen LogP contribution < -0.4 is 26.5 Å². The van der Waals surface area contributed by atoms with Gasteiger partial charge in [0.1, 0.15) is 26.9 Å². The molecule has 0 aliphatic rings. The van der Waals surface area contributed by atoms with Crippen LogP contribution in [0.25, 0.3) is 22.1 Å². The van der Waals surface area contributed by atoms with Crippen LogP contribution in [0.2, 0.25) is 10.3 Å². The number of ether oxygens (including phenoxy) is 2. The summed E-state index contributed by atoms with van der Waals surface area (Å²) < 4.78 is 10.8. The summed E-state index contributed by atoms with van der Waals surface area (Å²) in [4.78, 5) is 49.3. The average Bonchev–Trinajstić information content (AvgIpc) is 4.02. The molecule has 0 atom stereocenters. The van der Waals surface area contributed by atoms with Gasteiger partial charge in [0.15, 0.2) is 24.3 Å². The smallest absolute Gasteiger partial charge is 0.413 e. The maximum absolute atomic E-state index is 11.2. The third-order valence-corrected chi connectivity index (χ3v) is 18.1. The first-order chi connectivity index (χ1) is 32.2. The van der Waals surface area contributed by atoms with Gasteiger partial charge in [0.05, 0.1) is 49.8 Å². The number of pyridine rings is 2. The summed E-state index contributed by atoms with van der Waals surface area (Å²) in [5, 5.41) is 17.7. The number of hydrogen-bond donors (Lipinski definition) is 4. The number of nitrogens with zero attached hydrogens (tertiary/aromatic N) is 7. The van der Waals surface area contributed by atoms with Gasteiger partial charge < -0.3 is 24.1 Å². The maximum atomic E-state index is 11.2. The van der Waals surface area contributed by atoms with Gasteiger partial charge in [0, 0.05) is 57.5 Å². The topological polar surface area (TPSA) is 195 Å². The Labute approximate surface area is 435 Å². The van der Waals surface area contributed by atoms with E-state index in [4.69, 9.17) is 40.1 Å². The average molecular weight is 1080 g/mol.